The molecule has 0 unspecified atom stereocenters. The Balaban J connectivity index is 2.09. The van der Waals surface area contributed by atoms with Crippen LogP contribution in [0.1, 0.15) is 18.9 Å². The van der Waals surface area contributed by atoms with Crippen molar-refractivity contribution in [1.82, 2.24) is 10.2 Å². The van der Waals surface area contributed by atoms with Gasteiger partial charge in [-0.1, -0.05) is 30.3 Å². The minimum Gasteiger partial charge on any atom is -0.494 e. The molecule has 0 spiro atoms. The van der Waals surface area contributed by atoms with Gasteiger partial charge in [0.2, 0.25) is 0 Å². The second-order valence-electron chi connectivity index (χ2n) is 5.53. The molecule has 0 saturated carbocycles. The molecule has 0 radical (unpaired) electrons. The van der Waals surface area contributed by atoms with Gasteiger partial charge in [-0.05, 0) is 57.4 Å². The molecule has 0 aliphatic rings. The maximum atomic E-state index is 5.79. The average Bonchev–Trinajstić information content (AvgIpc) is 2.48. The van der Waals surface area contributed by atoms with Gasteiger partial charge < -0.3 is 15.0 Å². The van der Waals surface area contributed by atoms with Crippen LogP contribution in [0.4, 0.5) is 0 Å². The fraction of sp³-hybridized carbons (Fsp3) is 0.444. The summed E-state index contributed by atoms with van der Waals surface area (Å²) in [6.07, 6.45) is 1.15. The molecule has 114 valence electrons. The van der Waals surface area contributed by atoms with E-state index in [-0.39, 0.29) is 0 Å². The number of benzene rings is 2. The Kier molecular flexibility index (Phi) is 6.03. The Morgan fingerprint density at radius 1 is 1.10 bits per heavy atom. The van der Waals surface area contributed by atoms with Crippen molar-refractivity contribution in [3.8, 4) is 5.75 Å². The number of fused-ring (bicyclic) bond motifs is 1. The number of hydrogen-bond donors (Lipinski definition) is 1. The number of ether oxygens (including phenoxy) is 1. The van der Waals surface area contributed by atoms with Gasteiger partial charge in [0.05, 0.1) is 6.61 Å². The van der Waals surface area contributed by atoms with Crippen LogP contribution in [0.15, 0.2) is 36.4 Å². The summed E-state index contributed by atoms with van der Waals surface area (Å²) >= 11 is 0. The second-order valence-corrected chi connectivity index (χ2v) is 5.53. The summed E-state index contributed by atoms with van der Waals surface area (Å²) in [5, 5.41) is 6.09. The lowest BCUT2D eigenvalue weighted by Crippen LogP contribution is -2.21. The summed E-state index contributed by atoms with van der Waals surface area (Å²) < 4.78 is 5.79. The predicted octanol–water partition coefficient (Wildman–Crippen LogP) is 3.28. The Hall–Kier alpha value is -1.58. The van der Waals surface area contributed by atoms with E-state index in [1.54, 1.807) is 0 Å². The fourth-order valence-electron chi connectivity index (χ4n) is 2.52. The maximum Gasteiger partial charge on any atom is 0.124 e. The first-order valence-electron chi connectivity index (χ1n) is 7.71. The molecule has 0 aliphatic heterocycles. The van der Waals surface area contributed by atoms with Crippen molar-refractivity contribution in [2.24, 2.45) is 0 Å². The zero-order valence-corrected chi connectivity index (χ0v) is 13.4. The minimum atomic E-state index is 0.700. The molecule has 0 heterocycles. The van der Waals surface area contributed by atoms with E-state index in [2.05, 4.69) is 60.7 Å². The highest BCUT2D eigenvalue weighted by atomic mass is 16.5. The number of hydrogen-bond acceptors (Lipinski definition) is 3. The van der Waals surface area contributed by atoms with Crippen LogP contribution in [0.2, 0.25) is 0 Å². The first-order valence-corrected chi connectivity index (χ1v) is 7.71. The Bertz CT molecular complexity index is 566. The van der Waals surface area contributed by atoms with E-state index in [9.17, 15) is 0 Å². The molecule has 0 aromatic heterocycles. The van der Waals surface area contributed by atoms with E-state index in [0.29, 0.717) is 6.61 Å². The van der Waals surface area contributed by atoms with Crippen LogP contribution in [0.5, 0.6) is 5.75 Å². The van der Waals surface area contributed by atoms with Gasteiger partial charge in [-0.25, -0.2) is 0 Å². The third kappa shape index (κ3) is 4.45. The van der Waals surface area contributed by atoms with Crippen molar-refractivity contribution < 1.29 is 4.74 Å². The summed E-state index contributed by atoms with van der Waals surface area (Å²) in [4.78, 5) is 2.21. The SMILES string of the molecule is CCOc1ccc2ccccc2c1CNCCCN(C)C. The zero-order chi connectivity index (χ0) is 15.1. The highest BCUT2D eigenvalue weighted by Gasteiger charge is 2.08. The molecule has 3 heteroatoms. The van der Waals surface area contributed by atoms with Crippen molar-refractivity contribution in [3.05, 3.63) is 42.0 Å². The molecular weight excluding hydrogens is 260 g/mol. The van der Waals surface area contributed by atoms with E-state index >= 15 is 0 Å². The molecule has 0 aliphatic carbocycles. The lowest BCUT2D eigenvalue weighted by atomic mass is 10.0. The van der Waals surface area contributed by atoms with E-state index in [0.717, 1.165) is 31.8 Å². The summed E-state index contributed by atoms with van der Waals surface area (Å²) in [6, 6.07) is 12.7. The standard InChI is InChI=1S/C18H26N2O/c1-4-21-18-11-10-15-8-5-6-9-16(15)17(18)14-19-12-7-13-20(2)3/h5-6,8-11,19H,4,7,12-14H2,1-3H3. The molecule has 1 N–H and O–H groups in total. The molecule has 0 atom stereocenters. The minimum absolute atomic E-state index is 0.700. The predicted molar refractivity (Wildman–Crippen MR) is 90.0 cm³/mol. The Morgan fingerprint density at radius 3 is 2.67 bits per heavy atom. The largest absolute Gasteiger partial charge is 0.494 e. The average molecular weight is 286 g/mol. The molecule has 21 heavy (non-hydrogen) atoms. The Morgan fingerprint density at radius 2 is 1.90 bits per heavy atom. The highest BCUT2D eigenvalue weighted by molar-refractivity contribution is 5.87. The van der Waals surface area contributed by atoms with E-state index in [4.69, 9.17) is 4.74 Å². The lowest BCUT2D eigenvalue weighted by Gasteiger charge is -2.15. The van der Waals surface area contributed by atoms with Crippen LogP contribution in [-0.2, 0) is 6.54 Å². The van der Waals surface area contributed by atoms with Crippen LogP contribution < -0.4 is 10.1 Å². The number of rotatable bonds is 8. The first-order chi connectivity index (χ1) is 10.2. The lowest BCUT2D eigenvalue weighted by molar-refractivity contribution is 0.336. The molecular formula is C18H26N2O. The van der Waals surface area contributed by atoms with Gasteiger partial charge in [-0.15, -0.1) is 0 Å². The second kappa shape index (κ2) is 8.01. The maximum absolute atomic E-state index is 5.79. The van der Waals surface area contributed by atoms with Gasteiger partial charge >= 0.3 is 0 Å². The van der Waals surface area contributed by atoms with Gasteiger partial charge in [0.1, 0.15) is 5.75 Å². The highest BCUT2D eigenvalue weighted by Crippen LogP contribution is 2.28. The van der Waals surface area contributed by atoms with Gasteiger partial charge in [-0.2, -0.15) is 0 Å². The van der Waals surface area contributed by atoms with Crippen LogP contribution in [-0.4, -0.2) is 38.7 Å². The smallest absolute Gasteiger partial charge is 0.124 e. The summed E-state index contributed by atoms with van der Waals surface area (Å²) in [7, 11) is 4.22. The van der Waals surface area contributed by atoms with Crippen LogP contribution in [0, 0.1) is 0 Å². The van der Waals surface area contributed by atoms with Crippen molar-refractivity contribution in [1.29, 1.82) is 0 Å². The van der Waals surface area contributed by atoms with Gasteiger partial charge in [0.25, 0.3) is 0 Å². The van der Waals surface area contributed by atoms with Crippen molar-refractivity contribution in [2.75, 3.05) is 33.8 Å². The molecule has 0 amide bonds. The quantitative estimate of drug-likeness (QED) is 0.754. The monoisotopic (exact) mass is 286 g/mol. The molecule has 0 fully saturated rings. The molecule has 3 nitrogen and oxygen atoms in total. The fourth-order valence-corrected chi connectivity index (χ4v) is 2.52. The van der Waals surface area contributed by atoms with Crippen molar-refractivity contribution in [3.63, 3.8) is 0 Å². The van der Waals surface area contributed by atoms with E-state index in [1.807, 2.05) is 6.92 Å². The third-order valence-electron chi connectivity index (χ3n) is 3.56. The van der Waals surface area contributed by atoms with Crippen molar-refractivity contribution in [2.45, 2.75) is 19.9 Å². The summed E-state index contributed by atoms with van der Waals surface area (Å²) in [6.45, 7) is 5.72. The molecule has 0 bridgehead atoms. The molecule has 2 aromatic rings. The molecule has 0 saturated heterocycles. The van der Waals surface area contributed by atoms with Gasteiger partial charge in [-0.3, -0.25) is 0 Å². The summed E-state index contributed by atoms with van der Waals surface area (Å²) in [5.41, 5.74) is 1.26. The zero-order valence-electron chi connectivity index (χ0n) is 13.4. The third-order valence-corrected chi connectivity index (χ3v) is 3.56. The van der Waals surface area contributed by atoms with Crippen molar-refractivity contribution >= 4 is 10.8 Å². The van der Waals surface area contributed by atoms with Gasteiger partial charge in [0, 0.05) is 12.1 Å². The topological polar surface area (TPSA) is 24.5 Å². The Labute approximate surface area is 127 Å². The number of nitrogens with zero attached hydrogens (tertiary/aromatic N) is 1. The molecule has 2 aromatic carbocycles. The van der Waals surface area contributed by atoms with Crippen LogP contribution in [0.25, 0.3) is 10.8 Å². The van der Waals surface area contributed by atoms with E-state index in [1.165, 1.54) is 16.3 Å². The van der Waals surface area contributed by atoms with Crippen LogP contribution in [0.3, 0.4) is 0 Å². The first kappa shape index (κ1) is 15.8. The number of nitrogens with one attached hydrogen (secondary N) is 1. The van der Waals surface area contributed by atoms with Gasteiger partial charge in [0.15, 0.2) is 0 Å². The van der Waals surface area contributed by atoms with E-state index < -0.39 is 0 Å². The molecule has 2 rings (SSSR count). The normalized spacial score (nSPS) is 11.2. The van der Waals surface area contributed by atoms with Crippen LogP contribution >= 0.6 is 0 Å². The summed E-state index contributed by atoms with van der Waals surface area (Å²) in [5.74, 6) is 0.997.